The molecule has 0 aromatic carbocycles. The van der Waals surface area contributed by atoms with E-state index in [1.54, 1.807) is 12.4 Å². The standard InChI is InChI=1S/C13H16ClN3O/c14-7-13-16-11-8-15-4-3-12(11)17(13)5-6-18-9-10-1-2-10/h3-4,8,10H,1-2,5-7,9H2. The molecule has 1 aliphatic rings. The van der Waals surface area contributed by atoms with Crippen molar-refractivity contribution >= 4 is 22.6 Å². The first-order chi connectivity index (χ1) is 8.88. The molecule has 0 saturated heterocycles. The zero-order valence-corrected chi connectivity index (χ0v) is 10.9. The summed E-state index contributed by atoms with van der Waals surface area (Å²) < 4.78 is 7.79. The van der Waals surface area contributed by atoms with Gasteiger partial charge in [0.15, 0.2) is 0 Å². The first kappa shape index (κ1) is 11.9. The molecule has 0 amide bonds. The van der Waals surface area contributed by atoms with Crippen molar-refractivity contribution in [2.75, 3.05) is 13.2 Å². The van der Waals surface area contributed by atoms with Crippen LogP contribution in [-0.2, 0) is 17.2 Å². The van der Waals surface area contributed by atoms with Crippen molar-refractivity contribution in [3.8, 4) is 0 Å². The highest BCUT2D eigenvalue weighted by atomic mass is 35.5. The number of hydrogen-bond donors (Lipinski definition) is 0. The molecule has 2 heterocycles. The summed E-state index contributed by atoms with van der Waals surface area (Å²) in [4.78, 5) is 8.55. The number of hydrogen-bond acceptors (Lipinski definition) is 3. The van der Waals surface area contributed by atoms with Gasteiger partial charge in [-0.2, -0.15) is 0 Å². The molecule has 0 bridgehead atoms. The second-order valence-electron chi connectivity index (χ2n) is 4.70. The minimum Gasteiger partial charge on any atom is -0.379 e. The Hall–Kier alpha value is -1.13. The molecular formula is C13H16ClN3O. The van der Waals surface area contributed by atoms with Crippen LogP contribution >= 0.6 is 11.6 Å². The molecule has 0 atom stereocenters. The third kappa shape index (κ3) is 2.49. The van der Waals surface area contributed by atoms with E-state index >= 15 is 0 Å². The van der Waals surface area contributed by atoms with E-state index in [2.05, 4.69) is 14.5 Å². The van der Waals surface area contributed by atoms with Crippen molar-refractivity contribution in [2.24, 2.45) is 5.92 Å². The summed E-state index contributed by atoms with van der Waals surface area (Å²) in [7, 11) is 0. The fourth-order valence-electron chi connectivity index (χ4n) is 2.07. The van der Waals surface area contributed by atoms with E-state index in [1.165, 1.54) is 12.8 Å². The van der Waals surface area contributed by atoms with Crippen LogP contribution in [0, 0.1) is 5.92 Å². The number of rotatable bonds is 6. The van der Waals surface area contributed by atoms with Crippen LogP contribution < -0.4 is 0 Å². The SMILES string of the molecule is ClCc1nc2cnccc2n1CCOCC1CC1. The lowest BCUT2D eigenvalue weighted by molar-refractivity contribution is 0.117. The summed E-state index contributed by atoms with van der Waals surface area (Å²) in [5.41, 5.74) is 1.98. The van der Waals surface area contributed by atoms with Gasteiger partial charge in [0.1, 0.15) is 11.3 Å². The molecule has 0 N–H and O–H groups in total. The molecule has 96 valence electrons. The summed E-state index contributed by atoms with van der Waals surface area (Å²) >= 11 is 5.93. The minimum atomic E-state index is 0.414. The van der Waals surface area contributed by atoms with Gasteiger partial charge in [-0.15, -0.1) is 11.6 Å². The topological polar surface area (TPSA) is 39.9 Å². The van der Waals surface area contributed by atoms with Gasteiger partial charge in [0.2, 0.25) is 0 Å². The van der Waals surface area contributed by atoms with Gasteiger partial charge >= 0.3 is 0 Å². The zero-order valence-electron chi connectivity index (χ0n) is 10.2. The average Bonchev–Trinajstić information content (AvgIpc) is 3.15. The maximum atomic E-state index is 5.93. The molecule has 1 saturated carbocycles. The summed E-state index contributed by atoms with van der Waals surface area (Å²) in [6.45, 7) is 2.41. The molecule has 3 rings (SSSR count). The number of ether oxygens (including phenoxy) is 1. The Morgan fingerprint density at radius 1 is 1.44 bits per heavy atom. The molecule has 1 fully saturated rings. The summed E-state index contributed by atoms with van der Waals surface area (Å²) in [6, 6.07) is 1.97. The number of aromatic nitrogens is 3. The minimum absolute atomic E-state index is 0.414. The lowest BCUT2D eigenvalue weighted by Gasteiger charge is -2.08. The monoisotopic (exact) mass is 265 g/mol. The second kappa shape index (κ2) is 5.24. The Kier molecular flexibility index (Phi) is 3.48. The van der Waals surface area contributed by atoms with Crippen LogP contribution in [0.2, 0.25) is 0 Å². The molecule has 0 aliphatic heterocycles. The molecule has 2 aromatic heterocycles. The van der Waals surface area contributed by atoms with Gasteiger partial charge in [-0.05, 0) is 24.8 Å². The van der Waals surface area contributed by atoms with Crippen molar-refractivity contribution in [3.63, 3.8) is 0 Å². The third-order valence-electron chi connectivity index (χ3n) is 3.26. The molecule has 0 spiro atoms. The van der Waals surface area contributed by atoms with Gasteiger partial charge in [0.05, 0.1) is 24.2 Å². The quantitative estimate of drug-likeness (QED) is 0.595. The van der Waals surface area contributed by atoms with E-state index in [-0.39, 0.29) is 0 Å². The Labute approximate surface area is 111 Å². The number of halogens is 1. The first-order valence-electron chi connectivity index (χ1n) is 6.31. The first-order valence-corrected chi connectivity index (χ1v) is 6.85. The highest BCUT2D eigenvalue weighted by Gasteiger charge is 2.21. The zero-order chi connectivity index (χ0) is 12.4. The highest BCUT2D eigenvalue weighted by Crippen LogP contribution is 2.28. The molecule has 5 heteroatoms. The van der Waals surface area contributed by atoms with Crippen LogP contribution in [0.25, 0.3) is 11.0 Å². The molecule has 1 aliphatic carbocycles. The van der Waals surface area contributed by atoms with E-state index in [9.17, 15) is 0 Å². The van der Waals surface area contributed by atoms with Crippen molar-refractivity contribution in [2.45, 2.75) is 25.3 Å². The summed E-state index contributed by atoms with van der Waals surface area (Å²) in [5.74, 6) is 2.10. The molecule has 0 unspecified atom stereocenters. The van der Waals surface area contributed by atoms with E-state index in [0.717, 1.165) is 35.9 Å². The lowest BCUT2D eigenvalue weighted by atomic mass is 10.4. The molecular weight excluding hydrogens is 250 g/mol. The number of fused-ring (bicyclic) bond motifs is 1. The number of imidazole rings is 1. The van der Waals surface area contributed by atoms with Crippen LogP contribution in [0.1, 0.15) is 18.7 Å². The van der Waals surface area contributed by atoms with Crippen LogP contribution in [0.3, 0.4) is 0 Å². The second-order valence-corrected chi connectivity index (χ2v) is 4.96. The van der Waals surface area contributed by atoms with Crippen molar-refractivity contribution in [1.82, 2.24) is 14.5 Å². The van der Waals surface area contributed by atoms with Crippen molar-refractivity contribution in [3.05, 3.63) is 24.3 Å². The molecule has 18 heavy (non-hydrogen) atoms. The highest BCUT2D eigenvalue weighted by molar-refractivity contribution is 6.16. The predicted molar refractivity (Wildman–Crippen MR) is 70.6 cm³/mol. The number of nitrogens with zero attached hydrogens (tertiary/aromatic N) is 3. The maximum absolute atomic E-state index is 5.93. The number of alkyl halides is 1. The largest absolute Gasteiger partial charge is 0.379 e. The van der Waals surface area contributed by atoms with Gasteiger partial charge < -0.3 is 9.30 Å². The van der Waals surface area contributed by atoms with E-state index < -0.39 is 0 Å². The van der Waals surface area contributed by atoms with Crippen LogP contribution in [0.4, 0.5) is 0 Å². The Morgan fingerprint density at radius 2 is 2.33 bits per heavy atom. The molecule has 4 nitrogen and oxygen atoms in total. The Morgan fingerprint density at radius 3 is 3.11 bits per heavy atom. The van der Waals surface area contributed by atoms with E-state index in [1.807, 2.05) is 6.07 Å². The van der Waals surface area contributed by atoms with Gasteiger partial charge in [-0.1, -0.05) is 0 Å². The van der Waals surface area contributed by atoms with Gasteiger partial charge in [0.25, 0.3) is 0 Å². The van der Waals surface area contributed by atoms with E-state index in [0.29, 0.717) is 12.5 Å². The Balaban J connectivity index is 1.71. The van der Waals surface area contributed by atoms with Crippen LogP contribution in [0.15, 0.2) is 18.5 Å². The lowest BCUT2D eigenvalue weighted by Crippen LogP contribution is -2.09. The smallest absolute Gasteiger partial charge is 0.124 e. The predicted octanol–water partition coefficient (Wildman–Crippen LogP) is 2.60. The molecule has 0 radical (unpaired) electrons. The van der Waals surface area contributed by atoms with Gasteiger partial charge in [-0.3, -0.25) is 4.98 Å². The fraction of sp³-hybridized carbons (Fsp3) is 0.538. The van der Waals surface area contributed by atoms with Crippen LogP contribution in [-0.4, -0.2) is 27.7 Å². The van der Waals surface area contributed by atoms with Crippen molar-refractivity contribution < 1.29 is 4.74 Å². The van der Waals surface area contributed by atoms with Gasteiger partial charge in [0, 0.05) is 19.3 Å². The van der Waals surface area contributed by atoms with Crippen molar-refractivity contribution in [1.29, 1.82) is 0 Å². The van der Waals surface area contributed by atoms with E-state index in [4.69, 9.17) is 16.3 Å². The summed E-state index contributed by atoms with van der Waals surface area (Å²) in [6.07, 6.45) is 6.20. The van der Waals surface area contributed by atoms with Crippen LogP contribution in [0.5, 0.6) is 0 Å². The fourth-order valence-corrected chi connectivity index (χ4v) is 2.28. The Bertz CT molecular complexity index is 536. The summed E-state index contributed by atoms with van der Waals surface area (Å²) in [5, 5.41) is 0. The average molecular weight is 266 g/mol. The maximum Gasteiger partial charge on any atom is 0.124 e. The number of pyridine rings is 1. The third-order valence-corrected chi connectivity index (χ3v) is 3.50. The normalized spacial score (nSPS) is 15.4. The van der Waals surface area contributed by atoms with Gasteiger partial charge in [-0.25, -0.2) is 4.98 Å². The molecule has 2 aromatic rings.